The highest BCUT2D eigenvalue weighted by atomic mass is 32.2. The molecule has 2 aromatic carbocycles. The SMILES string of the molecule is COc1cc(Nc2nccc(N(C)c3n[nH]c4c(C(F)(F)F)cccc34)n2)cc(S(N)(=O)=O)c1. The maximum Gasteiger partial charge on any atom is 0.418 e. The van der Waals surface area contributed by atoms with Gasteiger partial charge >= 0.3 is 6.18 Å². The lowest BCUT2D eigenvalue weighted by Gasteiger charge is -2.17. The molecule has 0 saturated carbocycles. The molecule has 0 saturated heterocycles. The van der Waals surface area contributed by atoms with Crippen LogP contribution >= 0.6 is 0 Å². The van der Waals surface area contributed by atoms with Crippen molar-refractivity contribution >= 4 is 44.2 Å². The van der Waals surface area contributed by atoms with Crippen molar-refractivity contribution in [3.05, 3.63) is 54.2 Å². The van der Waals surface area contributed by atoms with E-state index in [9.17, 15) is 21.6 Å². The number of nitrogens with zero attached hydrogens (tertiary/aromatic N) is 4. The number of fused-ring (bicyclic) bond motifs is 1. The van der Waals surface area contributed by atoms with E-state index in [1.54, 1.807) is 13.1 Å². The number of rotatable bonds is 6. The Kier molecular flexibility index (Phi) is 5.79. The normalized spacial score (nSPS) is 12.1. The van der Waals surface area contributed by atoms with Crippen molar-refractivity contribution in [1.29, 1.82) is 0 Å². The fraction of sp³-hybridized carbons (Fsp3) is 0.150. The lowest BCUT2D eigenvalue weighted by Crippen LogP contribution is -2.14. The highest BCUT2D eigenvalue weighted by Crippen LogP contribution is 2.37. The minimum absolute atomic E-state index is 0.0915. The smallest absolute Gasteiger partial charge is 0.418 e. The Morgan fingerprint density at radius 3 is 2.62 bits per heavy atom. The number of para-hydroxylation sites is 1. The number of methoxy groups -OCH3 is 1. The van der Waals surface area contributed by atoms with Gasteiger partial charge in [-0.15, -0.1) is 0 Å². The largest absolute Gasteiger partial charge is 0.497 e. The molecule has 0 radical (unpaired) electrons. The van der Waals surface area contributed by atoms with Gasteiger partial charge in [0.05, 0.1) is 23.1 Å². The topological polar surface area (TPSA) is 139 Å². The molecule has 4 rings (SSSR count). The molecular weight excluding hydrogens is 475 g/mol. The Hall–Kier alpha value is -3.91. The van der Waals surface area contributed by atoms with Crippen LogP contribution in [-0.4, -0.2) is 42.7 Å². The number of aromatic amines is 1. The minimum Gasteiger partial charge on any atom is -0.497 e. The van der Waals surface area contributed by atoms with Gasteiger partial charge in [-0.1, -0.05) is 6.07 Å². The van der Waals surface area contributed by atoms with E-state index >= 15 is 0 Å². The Bertz CT molecular complexity index is 1470. The zero-order valence-corrected chi connectivity index (χ0v) is 18.6. The predicted molar refractivity (Wildman–Crippen MR) is 119 cm³/mol. The maximum atomic E-state index is 13.3. The molecule has 0 atom stereocenters. The summed E-state index contributed by atoms with van der Waals surface area (Å²) in [6.45, 7) is 0. The van der Waals surface area contributed by atoms with E-state index in [-0.39, 0.29) is 33.3 Å². The number of anilines is 4. The number of sulfonamides is 1. The first-order valence-corrected chi connectivity index (χ1v) is 11.1. The van der Waals surface area contributed by atoms with Gasteiger partial charge in [0.1, 0.15) is 11.6 Å². The van der Waals surface area contributed by atoms with E-state index in [1.807, 2.05) is 0 Å². The van der Waals surface area contributed by atoms with Crippen LogP contribution in [0.15, 0.2) is 53.6 Å². The first-order chi connectivity index (χ1) is 16.0. The summed E-state index contributed by atoms with van der Waals surface area (Å²) in [6, 6.07) is 9.42. The zero-order valence-electron chi connectivity index (χ0n) is 17.8. The van der Waals surface area contributed by atoms with Crippen LogP contribution < -0.4 is 20.1 Å². The average molecular weight is 493 g/mol. The third-order valence-corrected chi connectivity index (χ3v) is 5.78. The van der Waals surface area contributed by atoms with Crippen LogP contribution in [0.5, 0.6) is 5.75 Å². The number of benzene rings is 2. The van der Waals surface area contributed by atoms with Crippen LogP contribution in [0.3, 0.4) is 0 Å². The molecule has 0 bridgehead atoms. The lowest BCUT2D eigenvalue weighted by atomic mass is 10.1. The van der Waals surface area contributed by atoms with Gasteiger partial charge in [-0.3, -0.25) is 5.10 Å². The number of aromatic nitrogens is 4. The monoisotopic (exact) mass is 493 g/mol. The molecule has 0 unspecified atom stereocenters. The third-order valence-electron chi connectivity index (χ3n) is 4.89. The van der Waals surface area contributed by atoms with Crippen LogP contribution in [-0.2, 0) is 16.2 Å². The molecule has 34 heavy (non-hydrogen) atoms. The second-order valence-electron chi connectivity index (χ2n) is 7.14. The summed E-state index contributed by atoms with van der Waals surface area (Å²) in [5.41, 5.74) is -0.676. The van der Waals surface area contributed by atoms with E-state index < -0.39 is 21.8 Å². The molecule has 0 fully saturated rings. The van der Waals surface area contributed by atoms with Crippen LogP contribution in [0.4, 0.5) is 36.4 Å². The first kappa shape index (κ1) is 23.3. The summed E-state index contributed by atoms with van der Waals surface area (Å²) in [4.78, 5) is 9.78. The van der Waals surface area contributed by atoms with Gasteiger partial charge in [-0.05, 0) is 24.3 Å². The van der Waals surface area contributed by atoms with Crippen molar-refractivity contribution in [2.45, 2.75) is 11.1 Å². The van der Waals surface area contributed by atoms with Crippen molar-refractivity contribution < 1.29 is 26.3 Å². The van der Waals surface area contributed by atoms with Crippen molar-refractivity contribution in [2.75, 3.05) is 24.4 Å². The number of nitrogens with one attached hydrogen (secondary N) is 2. The van der Waals surface area contributed by atoms with Crippen molar-refractivity contribution in [3.63, 3.8) is 0 Å². The summed E-state index contributed by atoms with van der Waals surface area (Å²) >= 11 is 0. The molecule has 2 aromatic heterocycles. The van der Waals surface area contributed by atoms with Crippen molar-refractivity contribution in [1.82, 2.24) is 20.2 Å². The molecule has 0 aliphatic heterocycles. The van der Waals surface area contributed by atoms with Crippen LogP contribution in [0.1, 0.15) is 5.56 Å². The number of hydrogen-bond acceptors (Lipinski definition) is 8. The van der Waals surface area contributed by atoms with Gasteiger partial charge in [-0.25, -0.2) is 18.5 Å². The minimum atomic E-state index is -4.54. The average Bonchev–Trinajstić information content (AvgIpc) is 3.21. The van der Waals surface area contributed by atoms with Gasteiger partial charge in [-0.2, -0.15) is 23.3 Å². The number of H-pyrrole nitrogens is 1. The lowest BCUT2D eigenvalue weighted by molar-refractivity contribution is -0.136. The second kappa shape index (κ2) is 8.46. The highest BCUT2D eigenvalue weighted by Gasteiger charge is 2.34. The number of nitrogens with two attached hydrogens (primary N) is 1. The molecule has 2 heterocycles. The standard InChI is InChI=1S/C20H18F3N7O3S/c1-30(18-14-4-3-5-15(20(21,22)23)17(14)28-29-18)16-6-7-25-19(27-16)26-11-8-12(33-2)10-13(9-11)34(24,31)32/h3-10H,1-2H3,(H,28,29)(H2,24,31,32)(H,25,26,27). The third kappa shape index (κ3) is 4.58. The molecule has 10 nitrogen and oxygen atoms in total. The van der Waals surface area contributed by atoms with E-state index in [1.165, 1.54) is 48.5 Å². The highest BCUT2D eigenvalue weighted by molar-refractivity contribution is 7.89. The maximum absolute atomic E-state index is 13.3. The Morgan fingerprint density at radius 1 is 1.18 bits per heavy atom. The van der Waals surface area contributed by atoms with E-state index in [0.29, 0.717) is 11.5 Å². The summed E-state index contributed by atoms with van der Waals surface area (Å²) < 4.78 is 68.6. The molecule has 0 aliphatic carbocycles. The first-order valence-electron chi connectivity index (χ1n) is 9.57. The molecule has 178 valence electrons. The summed E-state index contributed by atoms with van der Waals surface area (Å²) in [5.74, 6) is 0.876. The van der Waals surface area contributed by atoms with E-state index in [4.69, 9.17) is 9.88 Å². The van der Waals surface area contributed by atoms with Gasteiger partial charge in [0.25, 0.3) is 0 Å². The summed E-state index contributed by atoms with van der Waals surface area (Å²) in [6.07, 6.45) is -3.11. The number of hydrogen-bond donors (Lipinski definition) is 3. The van der Waals surface area contributed by atoms with E-state index in [2.05, 4.69) is 25.5 Å². The Balaban J connectivity index is 1.68. The molecule has 14 heteroatoms. The second-order valence-corrected chi connectivity index (χ2v) is 8.70. The number of halogens is 3. The Labute approximate surface area is 191 Å². The fourth-order valence-corrected chi connectivity index (χ4v) is 3.85. The fourth-order valence-electron chi connectivity index (χ4n) is 3.28. The quantitative estimate of drug-likeness (QED) is 0.371. The van der Waals surface area contributed by atoms with Gasteiger partial charge in [0, 0.05) is 36.5 Å². The summed E-state index contributed by atoms with van der Waals surface area (Å²) in [7, 11) is -1.04. The van der Waals surface area contributed by atoms with E-state index in [0.717, 1.165) is 6.07 Å². The number of primary sulfonamides is 1. The van der Waals surface area contributed by atoms with Gasteiger partial charge in [0.2, 0.25) is 16.0 Å². The molecule has 4 N–H and O–H groups in total. The van der Waals surface area contributed by atoms with Crippen LogP contribution in [0.2, 0.25) is 0 Å². The summed E-state index contributed by atoms with van der Waals surface area (Å²) in [5, 5.41) is 14.8. The van der Waals surface area contributed by atoms with Crippen molar-refractivity contribution in [2.24, 2.45) is 5.14 Å². The number of alkyl halides is 3. The molecule has 4 aromatic rings. The van der Waals surface area contributed by atoms with Crippen molar-refractivity contribution in [3.8, 4) is 5.75 Å². The molecule has 0 spiro atoms. The van der Waals surface area contributed by atoms with Gasteiger partial charge in [0.15, 0.2) is 5.82 Å². The zero-order chi connectivity index (χ0) is 24.7. The van der Waals surface area contributed by atoms with Crippen LogP contribution in [0.25, 0.3) is 10.9 Å². The van der Waals surface area contributed by atoms with Crippen LogP contribution in [0, 0.1) is 0 Å². The molecule has 0 amide bonds. The molecular formula is C20H18F3N7O3S. The Morgan fingerprint density at radius 2 is 1.94 bits per heavy atom. The van der Waals surface area contributed by atoms with Gasteiger partial charge < -0.3 is 15.0 Å². The predicted octanol–water partition coefficient (Wildman–Crippen LogP) is 3.54. The molecule has 0 aliphatic rings. The number of ether oxygens (including phenoxy) is 1.